The first-order chi connectivity index (χ1) is 10.2. The number of fused-ring (bicyclic) bond motifs is 7. The van der Waals surface area contributed by atoms with Gasteiger partial charge in [0.05, 0.1) is 6.61 Å². The number of hydrogen-bond donors (Lipinski definition) is 0. The summed E-state index contributed by atoms with van der Waals surface area (Å²) >= 11 is 0. The van der Waals surface area contributed by atoms with Crippen LogP contribution in [0.25, 0.3) is 0 Å². The van der Waals surface area contributed by atoms with E-state index in [1.54, 1.807) is 0 Å². The Morgan fingerprint density at radius 3 is 2.76 bits per heavy atom. The van der Waals surface area contributed by atoms with Gasteiger partial charge in [0.15, 0.2) is 5.72 Å². The molecule has 1 amide bonds. The van der Waals surface area contributed by atoms with E-state index in [0.29, 0.717) is 30.3 Å². The van der Waals surface area contributed by atoms with Crippen molar-refractivity contribution in [3.05, 3.63) is 35.4 Å². The van der Waals surface area contributed by atoms with Crippen LogP contribution in [0.15, 0.2) is 24.3 Å². The molecule has 2 bridgehead atoms. The largest absolute Gasteiger partial charge is 0.349 e. The van der Waals surface area contributed by atoms with Crippen LogP contribution in [0.4, 0.5) is 0 Å². The van der Waals surface area contributed by atoms with Crippen LogP contribution in [0.2, 0.25) is 0 Å². The van der Waals surface area contributed by atoms with Crippen molar-refractivity contribution in [2.45, 2.75) is 31.9 Å². The molecule has 2 heterocycles. The topological polar surface area (TPSA) is 29.5 Å². The van der Waals surface area contributed by atoms with Crippen molar-refractivity contribution in [1.82, 2.24) is 4.90 Å². The Hall–Kier alpha value is -1.35. The maximum Gasteiger partial charge on any atom is 0.229 e. The third-order valence-corrected chi connectivity index (χ3v) is 6.42. The van der Waals surface area contributed by atoms with Gasteiger partial charge in [0, 0.05) is 23.9 Å². The molecule has 1 aromatic carbocycles. The molecule has 0 aromatic heterocycles. The molecule has 3 nitrogen and oxygen atoms in total. The van der Waals surface area contributed by atoms with Crippen molar-refractivity contribution in [3.8, 4) is 0 Å². The smallest absolute Gasteiger partial charge is 0.229 e. The first-order valence-electron chi connectivity index (χ1n) is 8.24. The number of aryl methyl sites for hydroxylation is 1. The molecular weight excluding hydrogens is 262 g/mol. The second-order valence-electron chi connectivity index (χ2n) is 7.29. The Bertz CT molecular complexity index is 610. The van der Waals surface area contributed by atoms with Crippen LogP contribution in [0, 0.1) is 30.6 Å². The number of benzene rings is 1. The maximum absolute atomic E-state index is 12.9. The highest BCUT2D eigenvalue weighted by atomic mass is 16.5. The van der Waals surface area contributed by atoms with Crippen molar-refractivity contribution in [2.75, 3.05) is 13.2 Å². The molecule has 4 aliphatic rings. The number of hydrogen-bond acceptors (Lipinski definition) is 2. The molecule has 4 fully saturated rings. The molecule has 0 spiro atoms. The van der Waals surface area contributed by atoms with Crippen LogP contribution in [-0.4, -0.2) is 24.0 Å². The number of rotatable bonds is 1. The number of carbonyl (C=O) groups excluding carboxylic acids is 1. The summed E-state index contributed by atoms with van der Waals surface area (Å²) in [4.78, 5) is 15.0. The van der Waals surface area contributed by atoms with E-state index in [4.69, 9.17) is 4.74 Å². The third kappa shape index (κ3) is 1.32. The molecule has 5 atom stereocenters. The van der Waals surface area contributed by atoms with E-state index < -0.39 is 5.72 Å². The fourth-order valence-electron chi connectivity index (χ4n) is 5.70. The molecule has 5 rings (SSSR count). The van der Waals surface area contributed by atoms with Gasteiger partial charge in [-0.2, -0.15) is 0 Å². The molecule has 0 N–H and O–H groups in total. The minimum absolute atomic E-state index is 0.227. The van der Waals surface area contributed by atoms with Gasteiger partial charge in [0.25, 0.3) is 0 Å². The highest BCUT2D eigenvalue weighted by molar-refractivity contribution is 5.84. The van der Waals surface area contributed by atoms with Gasteiger partial charge in [0.1, 0.15) is 0 Å². The van der Waals surface area contributed by atoms with Gasteiger partial charge in [-0.15, -0.1) is 0 Å². The van der Waals surface area contributed by atoms with E-state index in [0.717, 1.165) is 6.54 Å². The zero-order valence-electron chi connectivity index (χ0n) is 12.4. The highest BCUT2D eigenvalue weighted by Gasteiger charge is 2.70. The second-order valence-corrected chi connectivity index (χ2v) is 7.29. The van der Waals surface area contributed by atoms with Crippen LogP contribution in [0.1, 0.15) is 30.4 Å². The van der Waals surface area contributed by atoms with Gasteiger partial charge in [0.2, 0.25) is 5.91 Å². The van der Waals surface area contributed by atoms with Gasteiger partial charge in [-0.25, -0.2) is 0 Å². The molecule has 2 aliphatic carbocycles. The van der Waals surface area contributed by atoms with Gasteiger partial charge < -0.3 is 9.64 Å². The molecule has 2 saturated heterocycles. The fourth-order valence-corrected chi connectivity index (χ4v) is 5.70. The SMILES string of the molecule is Cc1ccc(C23OCCN2C(=O)C2C4CCC(C4)C23)cc1. The number of nitrogens with zero attached hydrogens (tertiary/aromatic N) is 1. The Labute approximate surface area is 125 Å². The lowest BCUT2D eigenvalue weighted by Gasteiger charge is -2.39. The predicted molar refractivity (Wildman–Crippen MR) is 78.3 cm³/mol. The molecule has 3 heteroatoms. The van der Waals surface area contributed by atoms with Gasteiger partial charge in [-0.3, -0.25) is 4.79 Å². The zero-order valence-corrected chi connectivity index (χ0v) is 12.4. The van der Waals surface area contributed by atoms with Crippen LogP contribution in [-0.2, 0) is 15.3 Å². The number of carbonyl (C=O) groups is 1. The molecule has 1 aromatic rings. The molecule has 2 saturated carbocycles. The molecule has 5 unspecified atom stereocenters. The first kappa shape index (κ1) is 12.2. The molecule has 0 radical (unpaired) electrons. The van der Waals surface area contributed by atoms with Crippen LogP contribution in [0.3, 0.4) is 0 Å². The lowest BCUT2D eigenvalue weighted by molar-refractivity contribution is -0.144. The predicted octanol–water partition coefficient (Wildman–Crippen LogP) is 2.68. The molecule has 2 aliphatic heterocycles. The van der Waals surface area contributed by atoms with Crippen molar-refractivity contribution in [2.24, 2.45) is 23.7 Å². The summed E-state index contributed by atoms with van der Waals surface area (Å²) in [6.45, 7) is 3.55. The quantitative estimate of drug-likeness (QED) is 0.793. The van der Waals surface area contributed by atoms with Crippen molar-refractivity contribution < 1.29 is 9.53 Å². The average Bonchev–Trinajstić information content (AvgIpc) is 3.22. The lowest BCUT2D eigenvalue weighted by Crippen LogP contribution is -2.44. The molecule has 21 heavy (non-hydrogen) atoms. The van der Waals surface area contributed by atoms with E-state index >= 15 is 0 Å². The van der Waals surface area contributed by atoms with Gasteiger partial charge >= 0.3 is 0 Å². The minimum atomic E-state index is -0.449. The summed E-state index contributed by atoms with van der Waals surface area (Å²) in [6, 6.07) is 8.65. The van der Waals surface area contributed by atoms with E-state index in [1.807, 2.05) is 0 Å². The summed E-state index contributed by atoms with van der Waals surface area (Å²) in [5, 5.41) is 0. The Balaban J connectivity index is 1.69. The minimum Gasteiger partial charge on any atom is -0.349 e. The Morgan fingerprint density at radius 1 is 1.19 bits per heavy atom. The summed E-state index contributed by atoms with van der Waals surface area (Å²) in [7, 11) is 0. The molecule has 110 valence electrons. The Kier molecular flexibility index (Phi) is 2.26. The number of ether oxygens (including phenoxy) is 1. The van der Waals surface area contributed by atoms with Crippen molar-refractivity contribution >= 4 is 5.91 Å². The zero-order chi connectivity index (χ0) is 14.2. The van der Waals surface area contributed by atoms with E-state index in [9.17, 15) is 4.79 Å². The first-order valence-corrected chi connectivity index (χ1v) is 8.24. The molecular formula is C18H21NO2. The van der Waals surface area contributed by atoms with Crippen LogP contribution >= 0.6 is 0 Å². The summed E-state index contributed by atoms with van der Waals surface area (Å²) in [6.07, 6.45) is 3.77. The van der Waals surface area contributed by atoms with Crippen LogP contribution in [0.5, 0.6) is 0 Å². The standard InChI is InChI=1S/C18H21NO2/c1-11-2-6-14(7-3-11)18-16-13-5-4-12(10-13)15(16)17(20)19(18)8-9-21-18/h2-3,6-7,12-13,15-16H,4-5,8-10H2,1H3. The third-order valence-electron chi connectivity index (χ3n) is 6.42. The summed E-state index contributed by atoms with van der Waals surface area (Å²) in [5.74, 6) is 2.27. The summed E-state index contributed by atoms with van der Waals surface area (Å²) in [5.41, 5.74) is 2.00. The number of amides is 1. The normalized spacial score (nSPS) is 43.5. The van der Waals surface area contributed by atoms with Crippen LogP contribution < -0.4 is 0 Å². The van der Waals surface area contributed by atoms with E-state index in [1.165, 1.54) is 30.4 Å². The summed E-state index contributed by atoms with van der Waals surface area (Å²) < 4.78 is 6.33. The van der Waals surface area contributed by atoms with Crippen molar-refractivity contribution in [1.29, 1.82) is 0 Å². The second kappa shape index (κ2) is 3.89. The monoisotopic (exact) mass is 283 g/mol. The fraction of sp³-hybridized carbons (Fsp3) is 0.611. The van der Waals surface area contributed by atoms with Crippen molar-refractivity contribution in [3.63, 3.8) is 0 Å². The van der Waals surface area contributed by atoms with Gasteiger partial charge in [-0.1, -0.05) is 29.8 Å². The highest BCUT2D eigenvalue weighted by Crippen LogP contribution is 2.65. The average molecular weight is 283 g/mol. The van der Waals surface area contributed by atoms with E-state index in [2.05, 4.69) is 36.1 Å². The maximum atomic E-state index is 12.9. The lowest BCUT2D eigenvalue weighted by atomic mass is 9.74. The van der Waals surface area contributed by atoms with Gasteiger partial charge in [-0.05, 0) is 38.0 Å². The van der Waals surface area contributed by atoms with E-state index in [-0.39, 0.29) is 5.92 Å². The Morgan fingerprint density at radius 2 is 1.95 bits per heavy atom.